The Bertz CT molecular complexity index is 925. The Kier molecular flexibility index (Phi) is 3.80. The van der Waals surface area contributed by atoms with Crippen LogP contribution in [0.25, 0.3) is 0 Å². The summed E-state index contributed by atoms with van der Waals surface area (Å²) in [6.45, 7) is 0.463. The van der Waals surface area contributed by atoms with Crippen molar-refractivity contribution < 1.29 is 13.2 Å². The molecule has 1 N–H and O–H groups in total. The summed E-state index contributed by atoms with van der Waals surface area (Å²) in [5.41, 5.74) is 3.52. The molecule has 0 saturated heterocycles. The molecular weight excluding hydrogens is 336 g/mol. The van der Waals surface area contributed by atoms with Crippen molar-refractivity contribution in [3.8, 4) is 0 Å². The van der Waals surface area contributed by atoms with Crippen LogP contribution in [0.3, 0.4) is 0 Å². The quantitative estimate of drug-likeness (QED) is 0.916. The third-order valence-electron chi connectivity index (χ3n) is 4.96. The first-order valence-corrected chi connectivity index (χ1v) is 10.2. The first-order chi connectivity index (χ1) is 11.9. The summed E-state index contributed by atoms with van der Waals surface area (Å²) in [6.07, 6.45) is 2.77. The molecule has 1 saturated carbocycles. The molecule has 6 heteroatoms. The molecule has 1 aliphatic heterocycles. The van der Waals surface area contributed by atoms with E-state index in [1.807, 2.05) is 30.3 Å². The summed E-state index contributed by atoms with van der Waals surface area (Å²) >= 11 is 0. The van der Waals surface area contributed by atoms with Crippen LogP contribution in [-0.4, -0.2) is 27.1 Å². The number of nitrogens with one attached hydrogen (secondary N) is 1. The largest absolute Gasteiger partial charge is 0.326 e. The first kappa shape index (κ1) is 16.1. The summed E-state index contributed by atoms with van der Waals surface area (Å²) in [4.78, 5) is 12.5. The van der Waals surface area contributed by atoms with Gasteiger partial charge in [-0.25, -0.2) is 8.42 Å². The molecule has 4 rings (SSSR count). The lowest BCUT2D eigenvalue weighted by Crippen LogP contribution is -2.27. The van der Waals surface area contributed by atoms with Gasteiger partial charge in [0.05, 0.1) is 11.9 Å². The predicted octanol–water partition coefficient (Wildman–Crippen LogP) is 2.75. The second kappa shape index (κ2) is 5.88. The molecule has 2 atom stereocenters. The average molecular weight is 356 g/mol. The first-order valence-electron chi connectivity index (χ1n) is 8.40. The van der Waals surface area contributed by atoms with Gasteiger partial charge in [0.2, 0.25) is 15.9 Å². The van der Waals surface area contributed by atoms with E-state index in [9.17, 15) is 13.2 Å². The van der Waals surface area contributed by atoms with Crippen LogP contribution >= 0.6 is 0 Å². The standard InChI is InChI=1S/C19H20N2O3S/c1-25(23,24)21-10-9-14-7-8-15(11-18(14)21)20-19(22)17-12-16(17)13-5-3-2-4-6-13/h2-8,11,16-17H,9-10,12H2,1H3,(H,20,22). The lowest BCUT2D eigenvalue weighted by atomic mass is 10.1. The van der Waals surface area contributed by atoms with Crippen LogP contribution in [0.15, 0.2) is 48.5 Å². The second-order valence-electron chi connectivity index (χ2n) is 6.78. The SMILES string of the molecule is CS(=O)(=O)N1CCc2ccc(NC(=O)C3CC3c3ccccc3)cc21. The maximum absolute atomic E-state index is 12.5. The Hall–Kier alpha value is -2.34. The minimum atomic E-state index is -3.29. The van der Waals surface area contributed by atoms with Crippen LogP contribution < -0.4 is 9.62 Å². The van der Waals surface area contributed by atoms with Crippen molar-refractivity contribution in [2.45, 2.75) is 18.8 Å². The van der Waals surface area contributed by atoms with Crippen molar-refractivity contribution in [3.05, 3.63) is 59.7 Å². The van der Waals surface area contributed by atoms with Crippen LogP contribution in [-0.2, 0) is 21.2 Å². The van der Waals surface area contributed by atoms with Crippen molar-refractivity contribution in [1.29, 1.82) is 0 Å². The van der Waals surface area contributed by atoms with E-state index in [1.165, 1.54) is 16.1 Å². The molecule has 0 bridgehead atoms. The van der Waals surface area contributed by atoms with E-state index in [1.54, 1.807) is 6.07 Å². The Morgan fingerprint density at radius 2 is 1.92 bits per heavy atom. The second-order valence-corrected chi connectivity index (χ2v) is 8.68. The number of benzene rings is 2. The fourth-order valence-corrected chi connectivity index (χ4v) is 4.51. The third-order valence-corrected chi connectivity index (χ3v) is 6.14. The molecule has 1 heterocycles. The number of hydrogen-bond acceptors (Lipinski definition) is 3. The van der Waals surface area contributed by atoms with Gasteiger partial charge in [0.1, 0.15) is 0 Å². The lowest BCUT2D eigenvalue weighted by molar-refractivity contribution is -0.117. The van der Waals surface area contributed by atoms with Gasteiger partial charge in [-0.1, -0.05) is 36.4 Å². The molecule has 0 spiro atoms. The van der Waals surface area contributed by atoms with Gasteiger partial charge in [0.15, 0.2) is 0 Å². The van der Waals surface area contributed by atoms with Crippen LogP contribution in [0.2, 0.25) is 0 Å². The van der Waals surface area contributed by atoms with Crippen molar-refractivity contribution in [2.24, 2.45) is 5.92 Å². The summed E-state index contributed by atoms with van der Waals surface area (Å²) in [5.74, 6) is 0.266. The number of carbonyl (C=O) groups is 1. The number of carbonyl (C=O) groups excluding carboxylic acids is 1. The molecule has 1 fully saturated rings. The number of fused-ring (bicyclic) bond motifs is 1. The molecule has 1 amide bonds. The number of amides is 1. The topological polar surface area (TPSA) is 66.5 Å². The molecule has 2 aromatic carbocycles. The number of nitrogens with zero attached hydrogens (tertiary/aromatic N) is 1. The van der Waals surface area contributed by atoms with Gasteiger partial charge in [-0.05, 0) is 42.0 Å². The highest BCUT2D eigenvalue weighted by Gasteiger charge is 2.43. The summed E-state index contributed by atoms with van der Waals surface area (Å²) in [5, 5.41) is 2.94. The normalized spacial score (nSPS) is 21.7. The van der Waals surface area contributed by atoms with Gasteiger partial charge in [-0.2, -0.15) is 0 Å². The minimum Gasteiger partial charge on any atom is -0.326 e. The van der Waals surface area contributed by atoms with Gasteiger partial charge in [-0.15, -0.1) is 0 Å². The zero-order valence-electron chi connectivity index (χ0n) is 14.0. The number of anilines is 2. The predicted molar refractivity (Wildman–Crippen MR) is 98.3 cm³/mol. The lowest BCUT2D eigenvalue weighted by Gasteiger charge is -2.17. The highest BCUT2D eigenvalue weighted by molar-refractivity contribution is 7.92. The molecule has 2 unspecified atom stereocenters. The molecule has 0 aromatic heterocycles. The molecule has 1 aliphatic carbocycles. The molecule has 2 aliphatic rings. The van der Waals surface area contributed by atoms with E-state index in [2.05, 4.69) is 17.4 Å². The van der Waals surface area contributed by atoms with E-state index >= 15 is 0 Å². The third kappa shape index (κ3) is 3.14. The molecule has 5 nitrogen and oxygen atoms in total. The van der Waals surface area contributed by atoms with Gasteiger partial charge in [-0.3, -0.25) is 9.10 Å². The smallest absolute Gasteiger partial charge is 0.232 e. The zero-order chi connectivity index (χ0) is 17.6. The Labute approximate surface area is 147 Å². The highest BCUT2D eigenvalue weighted by Crippen LogP contribution is 2.48. The van der Waals surface area contributed by atoms with Crippen LogP contribution in [0.5, 0.6) is 0 Å². The molecule has 0 radical (unpaired) electrons. The van der Waals surface area contributed by atoms with Gasteiger partial charge in [0.25, 0.3) is 0 Å². The van der Waals surface area contributed by atoms with Crippen molar-refractivity contribution in [1.82, 2.24) is 0 Å². The molecule has 25 heavy (non-hydrogen) atoms. The van der Waals surface area contributed by atoms with E-state index in [-0.39, 0.29) is 17.7 Å². The fourth-order valence-electron chi connectivity index (χ4n) is 3.56. The maximum Gasteiger partial charge on any atom is 0.232 e. The average Bonchev–Trinajstić information content (AvgIpc) is 3.27. The summed E-state index contributed by atoms with van der Waals surface area (Å²) < 4.78 is 25.2. The molecular formula is C19H20N2O3S. The van der Waals surface area contributed by atoms with E-state index in [0.29, 0.717) is 24.3 Å². The summed E-state index contributed by atoms with van der Waals surface area (Å²) in [6, 6.07) is 15.6. The van der Waals surface area contributed by atoms with E-state index in [4.69, 9.17) is 0 Å². The Morgan fingerprint density at radius 1 is 1.16 bits per heavy atom. The van der Waals surface area contributed by atoms with Gasteiger partial charge in [0, 0.05) is 18.2 Å². The summed E-state index contributed by atoms with van der Waals surface area (Å²) in [7, 11) is -3.29. The monoisotopic (exact) mass is 356 g/mol. The van der Waals surface area contributed by atoms with Crippen molar-refractivity contribution in [3.63, 3.8) is 0 Å². The van der Waals surface area contributed by atoms with Gasteiger partial charge >= 0.3 is 0 Å². The van der Waals surface area contributed by atoms with Crippen molar-refractivity contribution in [2.75, 3.05) is 22.4 Å². The highest BCUT2D eigenvalue weighted by atomic mass is 32.2. The van der Waals surface area contributed by atoms with E-state index < -0.39 is 10.0 Å². The van der Waals surface area contributed by atoms with Crippen LogP contribution in [0.4, 0.5) is 11.4 Å². The molecule has 130 valence electrons. The molecule has 2 aromatic rings. The van der Waals surface area contributed by atoms with Crippen molar-refractivity contribution >= 4 is 27.3 Å². The zero-order valence-corrected chi connectivity index (χ0v) is 14.8. The van der Waals surface area contributed by atoms with E-state index in [0.717, 1.165) is 12.0 Å². The number of hydrogen-bond donors (Lipinski definition) is 1. The minimum absolute atomic E-state index is 0.00212. The van der Waals surface area contributed by atoms with Crippen LogP contribution in [0, 0.1) is 5.92 Å². The number of rotatable bonds is 4. The van der Waals surface area contributed by atoms with Gasteiger partial charge < -0.3 is 5.32 Å². The number of sulfonamides is 1. The maximum atomic E-state index is 12.5. The fraction of sp³-hybridized carbons (Fsp3) is 0.316. The van der Waals surface area contributed by atoms with Crippen LogP contribution in [0.1, 0.15) is 23.5 Å². The Balaban J connectivity index is 1.48. The Morgan fingerprint density at radius 3 is 2.64 bits per heavy atom.